The number of benzene rings is 1. The number of carbonyl (C=O) groups is 1. The second-order valence-corrected chi connectivity index (χ2v) is 5.84. The van der Waals surface area contributed by atoms with E-state index in [1.54, 1.807) is 0 Å². The van der Waals surface area contributed by atoms with Crippen LogP contribution in [0.5, 0.6) is 0 Å². The van der Waals surface area contributed by atoms with Crippen molar-refractivity contribution in [3.63, 3.8) is 0 Å². The molecule has 1 atom stereocenters. The van der Waals surface area contributed by atoms with Gasteiger partial charge in [-0.15, -0.1) is 11.3 Å². The fourth-order valence-electron chi connectivity index (χ4n) is 2.10. The lowest BCUT2D eigenvalue weighted by Crippen LogP contribution is -2.48. The number of carbonyl (C=O) groups excluding carboxylic acids is 1. The molecule has 5 N–H and O–H groups in total. The van der Waals surface area contributed by atoms with Crippen LogP contribution in [0.3, 0.4) is 0 Å². The molecule has 0 aliphatic carbocycles. The fourth-order valence-corrected chi connectivity index (χ4v) is 3.08. The fraction of sp³-hybridized carbons (Fsp3) is 0.0714. The molecule has 3 rings (SSSR count). The summed E-state index contributed by atoms with van der Waals surface area (Å²) in [4.78, 5) is 17.8. The molecule has 112 valence electrons. The molecule has 0 bridgehead atoms. The number of nitrogens with two attached hydrogens (primary N) is 1. The van der Waals surface area contributed by atoms with Crippen LogP contribution in [0.15, 0.2) is 46.8 Å². The second kappa shape index (κ2) is 6.22. The number of fused-ring (bicyclic) bond motifs is 1. The monoisotopic (exact) mass is 331 g/mol. The van der Waals surface area contributed by atoms with Gasteiger partial charge in [-0.3, -0.25) is 4.79 Å². The molecule has 1 aliphatic rings. The normalized spacial score (nSPS) is 16.9. The zero-order valence-electron chi connectivity index (χ0n) is 11.4. The molecule has 22 heavy (non-hydrogen) atoms. The molecule has 2 heterocycles. The molecular formula is C14H13N5OS2. The van der Waals surface area contributed by atoms with Gasteiger partial charge >= 0.3 is 0 Å². The molecule has 8 heteroatoms. The Morgan fingerprint density at radius 2 is 2.09 bits per heavy atom. The minimum Gasteiger partial charge on any atom is -0.332 e. The first kappa shape index (κ1) is 14.6. The molecule has 1 aromatic heterocycles. The van der Waals surface area contributed by atoms with Crippen LogP contribution in [0.1, 0.15) is 10.4 Å². The molecule has 0 saturated carbocycles. The van der Waals surface area contributed by atoms with E-state index in [2.05, 4.69) is 21.1 Å². The third kappa shape index (κ3) is 2.84. The van der Waals surface area contributed by atoms with Crippen LogP contribution in [-0.2, 0) is 4.79 Å². The number of hydrogen-bond acceptors (Lipinski definition) is 5. The average molecular weight is 331 g/mol. The highest BCUT2D eigenvalue weighted by Gasteiger charge is 2.26. The molecular weight excluding hydrogens is 318 g/mol. The number of thiophene rings is 1. The van der Waals surface area contributed by atoms with E-state index in [1.165, 1.54) is 11.3 Å². The molecule has 2 aromatic rings. The van der Waals surface area contributed by atoms with Crippen LogP contribution in [0.2, 0.25) is 0 Å². The van der Waals surface area contributed by atoms with Gasteiger partial charge < -0.3 is 16.1 Å². The summed E-state index contributed by atoms with van der Waals surface area (Å²) < 4.78 is 0. The third-order valence-electron chi connectivity index (χ3n) is 3.09. The minimum atomic E-state index is -0.849. The van der Waals surface area contributed by atoms with Crippen molar-refractivity contribution in [1.29, 1.82) is 0 Å². The number of anilines is 1. The van der Waals surface area contributed by atoms with Crippen LogP contribution in [0, 0.1) is 0 Å². The van der Waals surface area contributed by atoms with E-state index in [1.807, 2.05) is 41.8 Å². The highest BCUT2D eigenvalue weighted by atomic mass is 32.1. The maximum atomic E-state index is 12.3. The van der Waals surface area contributed by atoms with Crippen LogP contribution in [-0.4, -0.2) is 22.9 Å². The topological polar surface area (TPSA) is 91.5 Å². The van der Waals surface area contributed by atoms with E-state index in [0.717, 1.165) is 21.8 Å². The quantitative estimate of drug-likeness (QED) is 0.377. The standard InChI is InChI=1S/C14H13N5OS2/c15-19-14(21)18-12-13(20)16-9-6-7-22-11(9)10(17-12)8-4-2-1-3-5-8/h1-7,12H,15H2,(H,16,20)(H2,18,19,21). The largest absolute Gasteiger partial charge is 0.332 e. The predicted molar refractivity (Wildman–Crippen MR) is 91.9 cm³/mol. The smallest absolute Gasteiger partial charge is 0.269 e. The van der Waals surface area contributed by atoms with E-state index < -0.39 is 6.17 Å². The SMILES string of the molecule is NNC(=S)NC1N=C(c2ccccc2)c2sccc2NC1=O. The van der Waals surface area contributed by atoms with Crippen LogP contribution < -0.4 is 21.9 Å². The Bertz CT molecular complexity index is 741. The Morgan fingerprint density at radius 1 is 1.32 bits per heavy atom. The van der Waals surface area contributed by atoms with Gasteiger partial charge in [0.2, 0.25) is 6.17 Å². The zero-order chi connectivity index (χ0) is 15.5. The first-order valence-corrected chi connectivity index (χ1v) is 7.77. The molecule has 0 spiro atoms. The van der Waals surface area contributed by atoms with Gasteiger partial charge in [-0.25, -0.2) is 10.8 Å². The predicted octanol–water partition coefficient (Wildman–Crippen LogP) is 1.20. The number of nitrogens with zero attached hydrogens (tertiary/aromatic N) is 1. The van der Waals surface area contributed by atoms with Crippen LogP contribution >= 0.6 is 23.6 Å². The van der Waals surface area contributed by atoms with Gasteiger partial charge in [-0.05, 0) is 23.7 Å². The van der Waals surface area contributed by atoms with Crippen molar-refractivity contribution < 1.29 is 4.79 Å². The van der Waals surface area contributed by atoms with Crippen LogP contribution in [0.4, 0.5) is 5.69 Å². The number of hydrogen-bond donors (Lipinski definition) is 4. The summed E-state index contributed by atoms with van der Waals surface area (Å²) in [5.74, 6) is 4.96. The number of thiocarbonyl (C=S) groups is 1. The summed E-state index contributed by atoms with van der Waals surface area (Å²) in [5.41, 5.74) is 4.71. The Morgan fingerprint density at radius 3 is 2.82 bits per heavy atom. The van der Waals surface area contributed by atoms with Crippen molar-refractivity contribution in [3.8, 4) is 0 Å². The van der Waals surface area contributed by atoms with Gasteiger partial charge in [0.15, 0.2) is 5.11 Å². The first-order chi connectivity index (χ1) is 10.7. The van der Waals surface area contributed by atoms with Gasteiger partial charge in [-0.1, -0.05) is 30.3 Å². The van der Waals surface area contributed by atoms with E-state index in [4.69, 9.17) is 18.1 Å². The maximum absolute atomic E-state index is 12.3. The lowest BCUT2D eigenvalue weighted by Gasteiger charge is -2.14. The molecule has 1 aromatic carbocycles. The summed E-state index contributed by atoms with van der Waals surface area (Å²) in [7, 11) is 0. The Hall–Kier alpha value is -2.29. The highest BCUT2D eigenvalue weighted by Crippen LogP contribution is 2.28. The summed E-state index contributed by atoms with van der Waals surface area (Å²) in [6, 6.07) is 11.6. The Kier molecular flexibility index (Phi) is 4.14. The minimum absolute atomic E-state index is 0.154. The molecule has 1 unspecified atom stereocenters. The molecule has 0 saturated heterocycles. The third-order valence-corrected chi connectivity index (χ3v) is 4.25. The molecule has 1 amide bonds. The van der Waals surface area contributed by atoms with E-state index in [9.17, 15) is 4.79 Å². The Labute approximate surface area is 136 Å². The van der Waals surface area contributed by atoms with Gasteiger partial charge in [0.1, 0.15) is 0 Å². The number of hydrazine groups is 1. The number of nitrogens with one attached hydrogen (secondary N) is 3. The summed E-state index contributed by atoms with van der Waals surface area (Å²) >= 11 is 6.48. The molecule has 1 aliphatic heterocycles. The van der Waals surface area contributed by atoms with Crippen molar-refractivity contribution >= 4 is 46.0 Å². The number of rotatable bonds is 2. The summed E-state index contributed by atoms with van der Waals surface area (Å²) in [5, 5.41) is 7.71. The van der Waals surface area contributed by atoms with Crippen LogP contribution in [0.25, 0.3) is 0 Å². The average Bonchev–Trinajstić information content (AvgIpc) is 2.94. The van der Waals surface area contributed by atoms with Crippen molar-refractivity contribution in [3.05, 3.63) is 52.2 Å². The van der Waals surface area contributed by atoms with E-state index in [0.29, 0.717) is 0 Å². The lowest BCUT2D eigenvalue weighted by atomic mass is 10.1. The van der Waals surface area contributed by atoms with Gasteiger partial charge in [0.25, 0.3) is 5.91 Å². The lowest BCUT2D eigenvalue weighted by molar-refractivity contribution is -0.117. The first-order valence-electron chi connectivity index (χ1n) is 6.48. The van der Waals surface area contributed by atoms with Crippen molar-refractivity contribution in [2.45, 2.75) is 6.17 Å². The van der Waals surface area contributed by atoms with E-state index >= 15 is 0 Å². The van der Waals surface area contributed by atoms with Gasteiger partial charge in [-0.2, -0.15) is 0 Å². The zero-order valence-corrected chi connectivity index (χ0v) is 13.0. The highest BCUT2D eigenvalue weighted by molar-refractivity contribution is 7.80. The van der Waals surface area contributed by atoms with Gasteiger partial charge in [0, 0.05) is 5.56 Å². The maximum Gasteiger partial charge on any atom is 0.269 e. The Balaban J connectivity index is 2.07. The van der Waals surface area contributed by atoms with Crippen molar-refractivity contribution in [2.75, 3.05) is 5.32 Å². The summed E-state index contributed by atoms with van der Waals surface area (Å²) in [6.45, 7) is 0. The van der Waals surface area contributed by atoms with Crippen molar-refractivity contribution in [2.24, 2.45) is 10.8 Å². The molecule has 0 radical (unpaired) electrons. The van der Waals surface area contributed by atoms with Crippen molar-refractivity contribution in [1.82, 2.24) is 10.7 Å². The van der Waals surface area contributed by atoms with E-state index in [-0.39, 0.29) is 11.0 Å². The molecule has 6 nitrogen and oxygen atoms in total. The summed E-state index contributed by atoms with van der Waals surface area (Å²) in [6.07, 6.45) is -0.849. The number of aliphatic imine (C=N–C) groups is 1. The molecule has 0 fully saturated rings. The second-order valence-electron chi connectivity index (χ2n) is 4.52. The van der Waals surface area contributed by atoms with Gasteiger partial charge in [0.05, 0.1) is 16.3 Å². The number of amides is 1.